The Hall–Kier alpha value is -1.52. The Morgan fingerprint density at radius 1 is 1.43 bits per heavy atom. The Morgan fingerprint density at radius 2 is 2.19 bits per heavy atom. The summed E-state index contributed by atoms with van der Waals surface area (Å²) in [5.74, 6) is 0.778. The number of nitrogens with one attached hydrogen (secondary N) is 1. The molecule has 0 saturated carbocycles. The van der Waals surface area contributed by atoms with E-state index in [1.807, 2.05) is 36.9 Å². The summed E-state index contributed by atoms with van der Waals surface area (Å²) in [6, 6.07) is 6.02. The summed E-state index contributed by atoms with van der Waals surface area (Å²) in [5, 5.41) is 8.55. The summed E-state index contributed by atoms with van der Waals surface area (Å²) < 4.78 is 7.47. The van der Waals surface area contributed by atoms with E-state index in [1.165, 1.54) is 0 Å². The molecule has 0 fully saturated rings. The second-order valence-electron chi connectivity index (χ2n) is 5.02. The van der Waals surface area contributed by atoms with Gasteiger partial charge in [0.1, 0.15) is 5.69 Å². The van der Waals surface area contributed by atoms with Crippen molar-refractivity contribution in [2.45, 2.75) is 32.9 Å². The molecule has 2 rings (SSSR count). The van der Waals surface area contributed by atoms with Gasteiger partial charge in [-0.25, -0.2) is 0 Å². The Balaban J connectivity index is 2.55. The van der Waals surface area contributed by atoms with Crippen LogP contribution in [0.2, 0.25) is 5.02 Å². The van der Waals surface area contributed by atoms with Gasteiger partial charge in [-0.3, -0.25) is 4.68 Å². The monoisotopic (exact) mass is 307 g/mol. The normalized spacial score (nSPS) is 12.4. The zero-order valence-electron chi connectivity index (χ0n) is 13.0. The number of halogens is 1. The van der Waals surface area contributed by atoms with Crippen LogP contribution in [-0.4, -0.2) is 23.9 Å². The van der Waals surface area contributed by atoms with Gasteiger partial charge in [0.2, 0.25) is 0 Å². The molecule has 0 aliphatic rings. The predicted molar refractivity (Wildman–Crippen MR) is 86.2 cm³/mol. The minimum absolute atomic E-state index is 0.0543. The van der Waals surface area contributed by atoms with Crippen LogP contribution < -0.4 is 10.1 Å². The molecule has 1 N–H and O–H groups in total. The third kappa shape index (κ3) is 3.06. The molecule has 0 bridgehead atoms. The van der Waals surface area contributed by atoms with Crippen molar-refractivity contribution in [2.75, 3.05) is 14.2 Å². The lowest BCUT2D eigenvalue weighted by Crippen LogP contribution is -2.22. The summed E-state index contributed by atoms with van der Waals surface area (Å²) in [5.41, 5.74) is 3.11. The molecule has 4 nitrogen and oxygen atoms in total. The van der Waals surface area contributed by atoms with Crippen LogP contribution in [0.4, 0.5) is 0 Å². The number of benzene rings is 1. The first-order valence-electron chi connectivity index (χ1n) is 7.16. The van der Waals surface area contributed by atoms with E-state index < -0.39 is 0 Å². The van der Waals surface area contributed by atoms with Crippen LogP contribution in [0.25, 0.3) is 0 Å². The summed E-state index contributed by atoms with van der Waals surface area (Å²) in [4.78, 5) is 0. The number of aryl methyl sites for hydroxylation is 2. The molecular formula is C16H22ClN3O. The highest BCUT2D eigenvalue weighted by atomic mass is 35.5. The number of methoxy groups -OCH3 is 1. The van der Waals surface area contributed by atoms with Gasteiger partial charge in [0, 0.05) is 11.6 Å². The number of ether oxygens (including phenoxy) is 1. The summed E-state index contributed by atoms with van der Waals surface area (Å²) in [7, 11) is 3.59. The molecule has 0 spiro atoms. The summed E-state index contributed by atoms with van der Waals surface area (Å²) >= 11 is 6.50. The molecule has 21 heavy (non-hydrogen) atoms. The van der Waals surface area contributed by atoms with Crippen LogP contribution in [0.1, 0.15) is 36.2 Å². The minimum atomic E-state index is -0.0543. The van der Waals surface area contributed by atoms with E-state index in [0.29, 0.717) is 0 Å². The van der Waals surface area contributed by atoms with Crippen molar-refractivity contribution >= 4 is 11.6 Å². The standard InChI is InChI=1S/C16H22ClN3O/c1-5-9-20-16(13(21-4)10-19-20)15(18-3)12-8-6-7-11(2)14(12)17/h6-8,10,15,18H,5,9H2,1-4H3. The topological polar surface area (TPSA) is 39.1 Å². The van der Waals surface area contributed by atoms with Crippen LogP contribution in [-0.2, 0) is 6.54 Å². The Kier molecular flexibility index (Phi) is 5.26. The average Bonchev–Trinajstić information content (AvgIpc) is 2.88. The smallest absolute Gasteiger partial charge is 0.161 e. The maximum Gasteiger partial charge on any atom is 0.161 e. The zero-order valence-corrected chi connectivity index (χ0v) is 13.7. The van der Waals surface area contributed by atoms with Crippen molar-refractivity contribution in [3.8, 4) is 5.75 Å². The maximum atomic E-state index is 6.50. The van der Waals surface area contributed by atoms with Crippen molar-refractivity contribution < 1.29 is 4.74 Å². The van der Waals surface area contributed by atoms with Crippen molar-refractivity contribution in [1.29, 1.82) is 0 Å². The van der Waals surface area contributed by atoms with Gasteiger partial charge in [-0.15, -0.1) is 0 Å². The maximum absolute atomic E-state index is 6.50. The van der Waals surface area contributed by atoms with Crippen molar-refractivity contribution in [1.82, 2.24) is 15.1 Å². The summed E-state index contributed by atoms with van der Waals surface area (Å²) in [6.45, 7) is 4.99. The lowest BCUT2D eigenvalue weighted by atomic mass is 10.0. The van der Waals surface area contributed by atoms with Gasteiger partial charge < -0.3 is 10.1 Å². The summed E-state index contributed by atoms with van der Waals surface area (Å²) in [6.07, 6.45) is 2.77. The number of hydrogen-bond donors (Lipinski definition) is 1. The fourth-order valence-electron chi connectivity index (χ4n) is 2.55. The third-order valence-corrected chi connectivity index (χ3v) is 4.11. The lowest BCUT2D eigenvalue weighted by molar-refractivity contribution is 0.400. The molecule has 0 radical (unpaired) electrons. The van der Waals surface area contributed by atoms with Crippen LogP contribution >= 0.6 is 11.6 Å². The van der Waals surface area contributed by atoms with E-state index in [1.54, 1.807) is 13.3 Å². The molecule has 0 saturated heterocycles. The molecule has 0 aliphatic heterocycles. The highest BCUT2D eigenvalue weighted by Crippen LogP contribution is 2.34. The van der Waals surface area contributed by atoms with E-state index in [0.717, 1.165) is 40.6 Å². The predicted octanol–water partition coefficient (Wildman–Crippen LogP) is 3.57. The van der Waals surface area contributed by atoms with E-state index in [4.69, 9.17) is 16.3 Å². The van der Waals surface area contributed by atoms with Gasteiger partial charge >= 0.3 is 0 Å². The molecule has 1 aromatic carbocycles. The first-order chi connectivity index (χ1) is 10.1. The Morgan fingerprint density at radius 3 is 2.81 bits per heavy atom. The fourth-order valence-corrected chi connectivity index (χ4v) is 2.78. The van der Waals surface area contributed by atoms with E-state index in [2.05, 4.69) is 17.3 Å². The molecule has 5 heteroatoms. The SMILES string of the molecule is CCCn1ncc(OC)c1C(NC)c1cccc(C)c1Cl. The Bertz CT molecular complexity index is 610. The number of rotatable bonds is 6. The molecule has 0 amide bonds. The molecule has 1 aromatic heterocycles. The fraction of sp³-hybridized carbons (Fsp3) is 0.438. The molecule has 1 unspecified atom stereocenters. The van der Waals surface area contributed by atoms with Crippen LogP contribution in [0, 0.1) is 6.92 Å². The number of aromatic nitrogens is 2. The molecule has 114 valence electrons. The number of hydrogen-bond acceptors (Lipinski definition) is 3. The van der Waals surface area contributed by atoms with Crippen LogP contribution in [0.3, 0.4) is 0 Å². The first kappa shape index (κ1) is 15.9. The minimum Gasteiger partial charge on any atom is -0.493 e. The van der Waals surface area contributed by atoms with Gasteiger partial charge in [0.25, 0.3) is 0 Å². The van der Waals surface area contributed by atoms with E-state index in [9.17, 15) is 0 Å². The highest BCUT2D eigenvalue weighted by Gasteiger charge is 2.24. The zero-order chi connectivity index (χ0) is 15.4. The van der Waals surface area contributed by atoms with Crippen molar-refractivity contribution in [2.24, 2.45) is 0 Å². The molecule has 1 heterocycles. The molecule has 0 aliphatic carbocycles. The van der Waals surface area contributed by atoms with E-state index >= 15 is 0 Å². The quantitative estimate of drug-likeness (QED) is 0.886. The molecular weight excluding hydrogens is 286 g/mol. The second-order valence-corrected chi connectivity index (χ2v) is 5.40. The second kappa shape index (κ2) is 6.96. The first-order valence-corrected chi connectivity index (χ1v) is 7.53. The highest BCUT2D eigenvalue weighted by molar-refractivity contribution is 6.32. The largest absolute Gasteiger partial charge is 0.493 e. The van der Waals surface area contributed by atoms with Crippen molar-refractivity contribution in [3.63, 3.8) is 0 Å². The van der Waals surface area contributed by atoms with Crippen molar-refractivity contribution in [3.05, 3.63) is 46.2 Å². The molecule has 1 atom stereocenters. The van der Waals surface area contributed by atoms with Crippen LogP contribution in [0.15, 0.2) is 24.4 Å². The van der Waals surface area contributed by atoms with Gasteiger partial charge in [0.05, 0.1) is 19.3 Å². The average molecular weight is 308 g/mol. The van der Waals surface area contributed by atoms with Gasteiger partial charge in [-0.05, 0) is 31.5 Å². The van der Waals surface area contributed by atoms with Gasteiger partial charge in [-0.2, -0.15) is 5.10 Å². The number of nitrogens with zero attached hydrogens (tertiary/aromatic N) is 2. The third-order valence-electron chi connectivity index (χ3n) is 3.60. The van der Waals surface area contributed by atoms with Crippen LogP contribution in [0.5, 0.6) is 5.75 Å². The van der Waals surface area contributed by atoms with Gasteiger partial charge in [-0.1, -0.05) is 36.7 Å². The lowest BCUT2D eigenvalue weighted by Gasteiger charge is -2.21. The Labute approximate surface area is 131 Å². The molecule has 2 aromatic rings. The van der Waals surface area contributed by atoms with E-state index in [-0.39, 0.29) is 6.04 Å². The van der Waals surface area contributed by atoms with Gasteiger partial charge in [0.15, 0.2) is 5.75 Å².